The lowest BCUT2D eigenvalue weighted by Gasteiger charge is -2.30. The SMILES string of the molecule is CCN(CC)C(=O)C1=C(C)N=c2s/c(=C/c3cccn3-c3ccc(Br)cc3)c(=O)n2[C@H]1c1cc(OC)ccc1OC. The number of benzene rings is 2. The largest absolute Gasteiger partial charge is 0.497 e. The highest BCUT2D eigenvalue weighted by Crippen LogP contribution is 2.38. The molecule has 1 amide bonds. The summed E-state index contributed by atoms with van der Waals surface area (Å²) in [6.07, 6.45) is 3.83. The first-order valence-corrected chi connectivity index (χ1v) is 14.9. The molecule has 0 bridgehead atoms. The second kappa shape index (κ2) is 11.9. The fourth-order valence-electron chi connectivity index (χ4n) is 5.11. The summed E-state index contributed by atoms with van der Waals surface area (Å²) < 4.78 is 16.4. The normalized spacial score (nSPS) is 15.0. The van der Waals surface area contributed by atoms with Crippen LogP contribution in [-0.4, -0.2) is 47.3 Å². The van der Waals surface area contributed by atoms with Gasteiger partial charge in [0.25, 0.3) is 11.5 Å². The number of likely N-dealkylation sites (N-methyl/N-ethyl adjacent to an activating group) is 1. The number of allylic oxidation sites excluding steroid dienone is 1. The molecule has 5 rings (SSSR count). The number of carbonyl (C=O) groups excluding carboxylic acids is 1. The number of hydrogen-bond donors (Lipinski definition) is 0. The van der Waals surface area contributed by atoms with E-state index in [2.05, 4.69) is 15.9 Å². The van der Waals surface area contributed by atoms with E-state index >= 15 is 0 Å². The molecule has 1 atom stereocenters. The third-order valence-electron chi connectivity index (χ3n) is 7.20. The van der Waals surface area contributed by atoms with Gasteiger partial charge in [0.05, 0.1) is 30.0 Å². The highest BCUT2D eigenvalue weighted by atomic mass is 79.9. The Labute approximate surface area is 250 Å². The monoisotopic (exact) mass is 634 g/mol. The summed E-state index contributed by atoms with van der Waals surface area (Å²) in [6, 6.07) is 16.5. The number of aromatic nitrogens is 2. The van der Waals surface area contributed by atoms with E-state index in [1.165, 1.54) is 11.3 Å². The summed E-state index contributed by atoms with van der Waals surface area (Å²) in [5, 5.41) is 0. The minimum absolute atomic E-state index is 0.162. The third-order valence-corrected chi connectivity index (χ3v) is 8.71. The first-order valence-electron chi connectivity index (χ1n) is 13.3. The maximum absolute atomic E-state index is 14.2. The molecule has 0 fully saturated rings. The molecule has 0 saturated heterocycles. The number of nitrogens with zero attached hydrogens (tertiary/aromatic N) is 4. The molecule has 1 aliphatic rings. The summed E-state index contributed by atoms with van der Waals surface area (Å²) in [7, 11) is 3.16. The van der Waals surface area contributed by atoms with Crippen molar-refractivity contribution in [1.29, 1.82) is 0 Å². The van der Waals surface area contributed by atoms with Crippen LogP contribution in [0.15, 0.2) is 86.3 Å². The van der Waals surface area contributed by atoms with E-state index in [4.69, 9.17) is 14.5 Å². The van der Waals surface area contributed by atoms with Crippen LogP contribution in [0.2, 0.25) is 0 Å². The molecule has 3 heterocycles. The van der Waals surface area contributed by atoms with Crippen molar-refractivity contribution in [2.24, 2.45) is 4.99 Å². The van der Waals surface area contributed by atoms with Gasteiger partial charge in [-0.3, -0.25) is 14.2 Å². The maximum atomic E-state index is 14.2. The topological polar surface area (TPSA) is 78.1 Å². The highest BCUT2D eigenvalue weighted by Gasteiger charge is 2.36. The van der Waals surface area contributed by atoms with Gasteiger partial charge in [0.15, 0.2) is 4.80 Å². The van der Waals surface area contributed by atoms with Crippen LogP contribution in [0, 0.1) is 0 Å². The van der Waals surface area contributed by atoms with Crippen LogP contribution in [-0.2, 0) is 4.79 Å². The van der Waals surface area contributed by atoms with Crippen LogP contribution in [0.25, 0.3) is 11.8 Å². The minimum Gasteiger partial charge on any atom is -0.497 e. The number of hydrogen-bond acceptors (Lipinski definition) is 6. The van der Waals surface area contributed by atoms with Crippen molar-refractivity contribution in [3.63, 3.8) is 0 Å². The third kappa shape index (κ3) is 5.29. The Kier molecular flexibility index (Phi) is 8.32. The maximum Gasteiger partial charge on any atom is 0.271 e. The second-order valence-electron chi connectivity index (χ2n) is 9.45. The zero-order chi connectivity index (χ0) is 29.3. The molecule has 1 aliphatic heterocycles. The number of carbonyl (C=O) groups is 1. The van der Waals surface area contributed by atoms with E-state index in [9.17, 15) is 9.59 Å². The highest BCUT2D eigenvalue weighted by molar-refractivity contribution is 9.10. The summed E-state index contributed by atoms with van der Waals surface area (Å²) in [5.74, 6) is 0.984. The number of amides is 1. The van der Waals surface area contributed by atoms with Crippen LogP contribution < -0.4 is 24.4 Å². The number of thiazole rings is 1. The van der Waals surface area contributed by atoms with E-state index in [0.717, 1.165) is 15.9 Å². The van der Waals surface area contributed by atoms with Crippen LogP contribution in [0.5, 0.6) is 11.5 Å². The number of fused-ring (bicyclic) bond motifs is 1. The Bertz CT molecular complexity index is 1810. The van der Waals surface area contributed by atoms with Gasteiger partial charge in [-0.25, -0.2) is 4.99 Å². The molecule has 10 heteroatoms. The van der Waals surface area contributed by atoms with E-state index in [0.29, 0.717) is 50.8 Å². The predicted molar refractivity (Wildman–Crippen MR) is 165 cm³/mol. The minimum atomic E-state index is -0.746. The van der Waals surface area contributed by atoms with Crippen molar-refractivity contribution in [3.8, 4) is 17.2 Å². The van der Waals surface area contributed by atoms with E-state index in [1.54, 1.807) is 35.8 Å². The molecule has 0 unspecified atom stereocenters. The van der Waals surface area contributed by atoms with Crippen molar-refractivity contribution in [2.75, 3.05) is 27.3 Å². The van der Waals surface area contributed by atoms with E-state index in [1.807, 2.05) is 80.1 Å². The van der Waals surface area contributed by atoms with Crippen molar-refractivity contribution in [3.05, 3.63) is 107 Å². The molecule has 2 aromatic carbocycles. The summed E-state index contributed by atoms with van der Waals surface area (Å²) in [6.45, 7) is 6.77. The Balaban J connectivity index is 1.75. The molecular weight excluding hydrogens is 604 g/mol. The molecular formula is C31H31BrN4O4S. The molecule has 4 aromatic rings. The van der Waals surface area contributed by atoms with Gasteiger partial charge in [-0.2, -0.15) is 0 Å². The van der Waals surface area contributed by atoms with Crippen LogP contribution in [0.1, 0.15) is 38.1 Å². The number of rotatable bonds is 8. The summed E-state index contributed by atoms with van der Waals surface area (Å²) in [5.41, 5.74) is 3.26. The molecule has 0 radical (unpaired) electrons. The zero-order valence-corrected chi connectivity index (χ0v) is 26.0. The molecule has 0 N–H and O–H groups in total. The van der Waals surface area contributed by atoms with Crippen molar-refractivity contribution >= 4 is 39.2 Å². The van der Waals surface area contributed by atoms with Gasteiger partial charge >= 0.3 is 0 Å². The Morgan fingerprint density at radius 1 is 1.10 bits per heavy atom. The van der Waals surface area contributed by atoms with Gasteiger partial charge in [0.2, 0.25) is 0 Å². The van der Waals surface area contributed by atoms with Gasteiger partial charge in [-0.1, -0.05) is 27.3 Å². The zero-order valence-electron chi connectivity index (χ0n) is 23.6. The predicted octanol–water partition coefficient (Wildman–Crippen LogP) is 4.67. The number of halogens is 1. The Morgan fingerprint density at radius 2 is 1.83 bits per heavy atom. The molecule has 2 aromatic heterocycles. The van der Waals surface area contributed by atoms with Crippen molar-refractivity contribution in [1.82, 2.24) is 14.0 Å². The van der Waals surface area contributed by atoms with Crippen molar-refractivity contribution in [2.45, 2.75) is 26.8 Å². The van der Waals surface area contributed by atoms with Gasteiger partial charge in [-0.05, 0) is 81.4 Å². The van der Waals surface area contributed by atoms with Gasteiger partial charge in [0.1, 0.15) is 17.5 Å². The van der Waals surface area contributed by atoms with Crippen LogP contribution in [0.3, 0.4) is 0 Å². The summed E-state index contributed by atoms with van der Waals surface area (Å²) in [4.78, 5) is 35.2. The smallest absolute Gasteiger partial charge is 0.271 e. The van der Waals surface area contributed by atoms with Gasteiger partial charge in [0, 0.05) is 40.7 Å². The average Bonchev–Trinajstić information content (AvgIpc) is 3.56. The Hall–Kier alpha value is -3.89. The standard InChI is InChI=1S/C31H31BrN4O4S/c1-6-34(7-2)30(38)27-19(3)33-31-36(28(27)24-18-23(39-4)14-15-25(24)40-5)29(37)26(41-31)17-22-9-8-16-35(22)21-12-10-20(32)11-13-21/h8-18,28H,6-7H2,1-5H3/b26-17+/t28-/m0/s1. The van der Waals surface area contributed by atoms with Gasteiger partial charge in [-0.15, -0.1) is 0 Å². The van der Waals surface area contributed by atoms with Crippen molar-refractivity contribution < 1.29 is 14.3 Å². The summed E-state index contributed by atoms with van der Waals surface area (Å²) >= 11 is 4.79. The quantitative estimate of drug-likeness (QED) is 0.282. The van der Waals surface area contributed by atoms with Gasteiger partial charge < -0.3 is 18.9 Å². The molecule has 0 aliphatic carbocycles. The fourth-order valence-corrected chi connectivity index (χ4v) is 6.40. The molecule has 8 nitrogen and oxygen atoms in total. The number of methoxy groups -OCH3 is 2. The van der Waals surface area contributed by atoms with E-state index < -0.39 is 6.04 Å². The Morgan fingerprint density at radius 3 is 2.49 bits per heavy atom. The lowest BCUT2D eigenvalue weighted by atomic mass is 9.93. The molecule has 41 heavy (non-hydrogen) atoms. The molecule has 212 valence electrons. The first kappa shape index (κ1) is 28.6. The molecule has 0 saturated carbocycles. The lowest BCUT2D eigenvalue weighted by Crippen LogP contribution is -2.43. The number of ether oxygens (including phenoxy) is 2. The van der Waals surface area contributed by atoms with Crippen LogP contribution >= 0.6 is 27.3 Å². The average molecular weight is 636 g/mol. The molecule has 0 spiro atoms. The lowest BCUT2D eigenvalue weighted by molar-refractivity contribution is -0.127. The second-order valence-corrected chi connectivity index (χ2v) is 11.4. The first-order chi connectivity index (χ1) is 19.8. The van der Waals surface area contributed by atoms with E-state index in [-0.39, 0.29) is 11.5 Å². The van der Waals surface area contributed by atoms with Crippen LogP contribution in [0.4, 0.5) is 0 Å². The fraction of sp³-hybridized carbons (Fsp3) is 0.258.